The first kappa shape index (κ1) is 11.2. The maximum absolute atomic E-state index is 11.2. The molecular weight excluding hydrogens is 302 g/mol. The lowest BCUT2D eigenvalue weighted by atomic mass is 10.1. The van der Waals surface area contributed by atoms with Crippen LogP contribution in [0.5, 0.6) is 0 Å². The topological polar surface area (TPSA) is 101 Å². The molecule has 0 unspecified atom stereocenters. The Morgan fingerprint density at radius 3 is 2.12 bits per heavy atom. The second kappa shape index (κ2) is 3.37. The molecule has 84 valence electrons. The molecule has 0 aromatic heterocycles. The van der Waals surface area contributed by atoms with Gasteiger partial charge in [-0.1, -0.05) is 0 Å². The van der Waals surface area contributed by atoms with Gasteiger partial charge >= 0.3 is 0 Å². The number of hydrogen-bond acceptors (Lipinski definition) is 4. The maximum Gasteiger partial charge on any atom is 0.295 e. The average Bonchev–Trinajstić information content (AvgIpc) is 2.39. The Kier molecular flexibility index (Phi) is 2.37. The molecular formula is C8H4BrNO5S. The first-order valence-electron chi connectivity index (χ1n) is 3.97. The van der Waals surface area contributed by atoms with Crippen molar-refractivity contribution < 1.29 is 22.6 Å². The lowest BCUT2D eigenvalue weighted by molar-refractivity contribution is 0.0879. The number of benzene rings is 1. The van der Waals surface area contributed by atoms with E-state index >= 15 is 0 Å². The van der Waals surface area contributed by atoms with E-state index in [1.165, 1.54) is 6.07 Å². The largest absolute Gasteiger partial charge is 0.295 e. The zero-order chi connectivity index (χ0) is 12.1. The summed E-state index contributed by atoms with van der Waals surface area (Å²) in [5.74, 6) is -1.28. The number of halogens is 1. The lowest BCUT2D eigenvalue weighted by Crippen LogP contribution is -2.19. The number of hydrogen-bond donors (Lipinski definition) is 2. The highest BCUT2D eigenvalue weighted by Gasteiger charge is 2.30. The predicted molar refractivity (Wildman–Crippen MR) is 55.8 cm³/mol. The quantitative estimate of drug-likeness (QED) is 0.584. The van der Waals surface area contributed by atoms with Crippen molar-refractivity contribution in [1.82, 2.24) is 5.32 Å². The van der Waals surface area contributed by atoms with Crippen LogP contribution in [0.15, 0.2) is 21.5 Å². The van der Waals surface area contributed by atoms with Gasteiger partial charge < -0.3 is 0 Å². The average molecular weight is 306 g/mol. The Morgan fingerprint density at radius 2 is 1.62 bits per heavy atom. The molecule has 2 N–H and O–H groups in total. The summed E-state index contributed by atoms with van der Waals surface area (Å²) in [6.07, 6.45) is 0. The summed E-state index contributed by atoms with van der Waals surface area (Å²) in [7, 11) is -4.43. The van der Waals surface area contributed by atoms with E-state index in [1.54, 1.807) is 0 Å². The normalized spacial score (nSPS) is 14.9. The standard InChI is InChI=1S/C8H4BrNO5S/c9-5-1-3-4(8(12)10-7(3)11)2-6(5)16(13,14)15/h1-2H,(H,10,11,12)(H,13,14,15). The highest BCUT2D eigenvalue weighted by molar-refractivity contribution is 9.10. The molecule has 0 atom stereocenters. The summed E-state index contributed by atoms with van der Waals surface area (Å²) in [6.45, 7) is 0. The number of carbonyl (C=O) groups excluding carboxylic acids is 2. The molecule has 0 spiro atoms. The zero-order valence-electron chi connectivity index (χ0n) is 7.52. The molecule has 0 saturated heterocycles. The molecule has 0 radical (unpaired) electrons. The number of imide groups is 1. The van der Waals surface area contributed by atoms with Crippen molar-refractivity contribution in [2.24, 2.45) is 0 Å². The highest BCUT2D eigenvalue weighted by Crippen LogP contribution is 2.28. The van der Waals surface area contributed by atoms with E-state index in [4.69, 9.17) is 4.55 Å². The minimum Gasteiger partial charge on any atom is -0.288 e. The predicted octanol–water partition coefficient (Wildman–Crippen LogP) is 0.579. The van der Waals surface area contributed by atoms with Crippen LogP contribution in [0.1, 0.15) is 20.7 Å². The number of nitrogens with one attached hydrogen (secondary N) is 1. The molecule has 2 amide bonds. The van der Waals surface area contributed by atoms with Crippen molar-refractivity contribution in [3.63, 3.8) is 0 Å². The van der Waals surface area contributed by atoms with Crippen LogP contribution in [0.4, 0.5) is 0 Å². The third-order valence-electron chi connectivity index (χ3n) is 2.07. The Bertz CT molecular complexity index is 622. The Morgan fingerprint density at radius 1 is 1.12 bits per heavy atom. The van der Waals surface area contributed by atoms with Gasteiger partial charge in [0.25, 0.3) is 21.9 Å². The number of rotatable bonds is 1. The van der Waals surface area contributed by atoms with E-state index in [0.29, 0.717) is 0 Å². The molecule has 1 heterocycles. The molecule has 8 heteroatoms. The summed E-state index contributed by atoms with van der Waals surface area (Å²) < 4.78 is 30.8. The molecule has 0 bridgehead atoms. The Labute approximate surface area is 98.5 Å². The van der Waals surface area contributed by atoms with E-state index in [2.05, 4.69) is 15.9 Å². The molecule has 0 aliphatic carbocycles. The molecule has 16 heavy (non-hydrogen) atoms. The zero-order valence-corrected chi connectivity index (χ0v) is 9.92. The van der Waals surface area contributed by atoms with Crippen LogP contribution in [0, 0.1) is 0 Å². The molecule has 6 nitrogen and oxygen atoms in total. The molecule has 1 aromatic rings. The highest BCUT2D eigenvalue weighted by atomic mass is 79.9. The first-order chi connectivity index (χ1) is 7.30. The van der Waals surface area contributed by atoms with E-state index < -0.39 is 26.8 Å². The second-order valence-electron chi connectivity index (χ2n) is 3.09. The van der Waals surface area contributed by atoms with Gasteiger partial charge in [-0.15, -0.1) is 0 Å². The fourth-order valence-corrected chi connectivity index (χ4v) is 2.89. The Hall–Kier alpha value is -1.25. The summed E-state index contributed by atoms with van der Waals surface area (Å²) in [5.41, 5.74) is 0.00472. The maximum atomic E-state index is 11.2. The summed E-state index contributed by atoms with van der Waals surface area (Å²) in [4.78, 5) is 22.0. The monoisotopic (exact) mass is 305 g/mol. The first-order valence-corrected chi connectivity index (χ1v) is 6.21. The molecule has 1 aliphatic rings. The van der Waals surface area contributed by atoms with Gasteiger partial charge in [0, 0.05) is 4.47 Å². The number of fused-ring (bicyclic) bond motifs is 1. The van der Waals surface area contributed by atoms with E-state index in [0.717, 1.165) is 6.07 Å². The van der Waals surface area contributed by atoms with Crippen molar-refractivity contribution >= 4 is 37.9 Å². The van der Waals surface area contributed by atoms with Crippen LogP contribution in [0.25, 0.3) is 0 Å². The van der Waals surface area contributed by atoms with Gasteiger partial charge in [-0.3, -0.25) is 19.5 Å². The van der Waals surface area contributed by atoms with Crippen LogP contribution in [0.3, 0.4) is 0 Å². The fourth-order valence-electron chi connectivity index (χ4n) is 1.36. The van der Waals surface area contributed by atoms with Crippen molar-refractivity contribution in [2.45, 2.75) is 4.90 Å². The third-order valence-corrected chi connectivity index (χ3v) is 3.88. The van der Waals surface area contributed by atoms with Gasteiger partial charge in [0.2, 0.25) is 0 Å². The molecule has 1 aliphatic heterocycles. The second-order valence-corrected chi connectivity index (χ2v) is 5.33. The molecule has 1 aromatic carbocycles. The summed E-state index contributed by atoms with van der Waals surface area (Å²) >= 11 is 2.90. The van der Waals surface area contributed by atoms with E-state index in [9.17, 15) is 18.0 Å². The van der Waals surface area contributed by atoms with Crippen molar-refractivity contribution in [2.75, 3.05) is 0 Å². The molecule has 2 rings (SSSR count). The van der Waals surface area contributed by atoms with Crippen LogP contribution in [-0.4, -0.2) is 24.8 Å². The smallest absolute Gasteiger partial charge is 0.288 e. The van der Waals surface area contributed by atoms with Crippen LogP contribution >= 0.6 is 15.9 Å². The third kappa shape index (κ3) is 1.64. The molecule has 0 fully saturated rings. The molecule has 0 saturated carbocycles. The van der Waals surface area contributed by atoms with Crippen LogP contribution in [0.2, 0.25) is 0 Å². The van der Waals surface area contributed by atoms with Crippen molar-refractivity contribution in [3.05, 3.63) is 27.7 Å². The minimum atomic E-state index is -4.43. The van der Waals surface area contributed by atoms with Gasteiger partial charge in [-0.05, 0) is 28.1 Å². The van der Waals surface area contributed by atoms with E-state index in [-0.39, 0.29) is 15.6 Å². The van der Waals surface area contributed by atoms with Gasteiger partial charge in [0.1, 0.15) is 4.90 Å². The van der Waals surface area contributed by atoms with Crippen LogP contribution in [-0.2, 0) is 10.1 Å². The van der Waals surface area contributed by atoms with Crippen molar-refractivity contribution in [1.29, 1.82) is 0 Å². The fraction of sp³-hybridized carbons (Fsp3) is 0. The van der Waals surface area contributed by atoms with Gasteiger partial charge in [0.15, 0.2) is 0 Å². The summed E-state index contributed by atoms with van der Waals surface area (Å²) in [5, 5.41) is 2.01. The minimum absolute atomic E-state index is 0.0265. The summed E-state index contributed by atoms with van der Waals surface area (Å²) in [6, 6.07) is 2.13. The lowest BCUT2D eigenvalue weighted by Gasteiger charge is -2.02. The van der Waals surface area contributed by atoms with E-state index in [1.807, 2.05) is 5.32 Å². The van der Waals surface area contributed by atoms with Gasteiger partial charge in [-0.25, -0.2) is 0 Å². The SMILES string of the molecule is O=C1NC(=O)c2cc(S(=O)(=O)O)c(Br)cc21. The van der Waals surface area contributed by atoms with Gasteiger partial charge in [0.05, 0.1) is 11.1 Å². The number of carbonyl (C=O) groups is 2. The Balaban J connectivity index is 2.77. The van der Waals surface area contributed by atoms with Crippen molar-refractivity contribution in [3.8, 4) is 0 Å². The van der Waals surface area contributed by atoms with Crippen LogP contribution < -0.4 is 5.32 Å². The number of amides is 2. The van der Waals surface area contributed by atoms with Gasteiger partial charge in [-0.2, -0.15) is 8.42 Å².